The van der Waals surface area contributed by atoms with Gasteiger partial charge in [0.25, 0.3) is 0 Å². The van der Waals surface area contributed by atoms with Crippen molar-refractivity contribution >= 4 is 22.4 Å². The number of carbonyl (C=O) groups excluding carboxylic acids is 1. The van der Waals surface area contributed by atoms with Crippen molar-refractivity contribution in [1.29, 1.82) is 0 Å². The van der Waals surface area contributed by atoms with Gasteiger partial charge in [0.1, 0.15) is 0 Å². The zero-order chi connectivity index (χ0) is 21.7. The molecule has 2 atom stereocenters. The van der Waals surface area contributed by atoms with E-state index in [-0.39, 0.29) is 39.4 Å². The van der Waals surface area contributed by atoms with Crippen molar-refractivity contribution in [3.8, 4) is 0 Å². The SMILES string of the molecule is CC1(C)C[C@H](O[Si](C)(C)C(C)(C)C)C[C@@]1(C)C(=O)CO[Si](C)(C)C(C)(C)C. The largest absolute Gasteiger partial charge is 0.414 e. The molecule has 0 bridgehead atoms. The van der Waals surface area contributed by atoms with Crippen LogP contribution in [-0.2, 0) is 13.6 Å². The van der Waals surface area contributed by atoms with Crippen molar-refractivity contribution in [3.63, 3.8) is 0 Å². The maximum Gasteiger partial charge on any atom is 0.192 e. The molecule has 1 rings (SSSR count). The number of rotatable bonds is 6. The van der Waals surface area contributed by atoms with Gasteiger partial charge >= 0.3 is 0 Å². The van der Waals surface area contributed by atoms with Crippen LogP contribution in [-0.4, -0.2) is 35.1 Å². The van der Waals surface area contributed by atoms with E-state index in [1.54, 1.807) is 0 Å². The second kappa shape index (κ2) is 7.37. The Labute approximate surface area is 171 Å². The van der Waals surface area contributed by atoms with E-state index in [9.17, 15) is 4.79 Å². The first-order valence-corrected chi connectivity index (χ1v) is 16.3. The van der Waals surface area contributed by atoms with Gasteiger partial charge in [-0.1, -0.05) is 62.3 Å². The molecule has 5 heteroatoms. The van der Waals surface area contributed by atoms with Gasteiger partial charge in [-0.3, -0.25) is 4.79 Å². The first-order chi connectivity index (χ1) is 11.7. The molecule has 0 spiro atoms. The van der Waals surface area contributed by atoms with Gasteiger partial charge in [0.05, 0.1) is 6.61 Å². The lowest BCUT2D eigenvalue weighted by Crippen LogP contribution is -2.46. The van der Waals surface area contributed by atoms with Crippen LogP contribution in [0, 0.1) is 10.8 Å². The third kappa shape index (κ3) is 5.15. The average Bonchev–Trinajstić information content (AvgIpc) is 2.63. The molecule has 1 saturated carbocycles. The highest BCUT2D eigenvalue weighted by Crippen LogP contribution is 2.55. The maximum atomic E-state index is 13.3. The van der Waals surface area contributed by atoms with Crippen LogP contribution in [0.1, 0.15) is 75.2 Å². The standard InChI is InChI=1S/C22H46O3Si2/c1-19(2,3)26(10,11)24-16-18(23)22(9)15-17(14-21(22,7)8)25-27(12,13)20(4,5)6/h17H,14-16H2,1-13H3/t17-,22-/m0/s1. The normalized spacial score (nSPS) is 27.1. The fraction of sp³-hybridized carbons (Fsp3) is 0.955. The molecule has 0 aromatic heterocycles. The van der Waals surface area contributed by atoms with E-state index in [1.807, 2.05) is 0 Å². The fourth-order valence-corrected chi connectivity index (χ4v) is 5.67. The third-order valence-corrected chi connectivity index (χ3v) is 17.1. The van der Waals surface area contributed by atoms with Crippen LogP contribution >= 0.6 is 0 Å². The van der Waals surface area contributed by atoms with Crippen LogP contribution in [0.2, 0.25) is 36.3 Å². The number of carbonyl (C=O) groups is 1. The fourth-order valence-electron chi connectivity index (χ4n) is 3.39. The molecule has 0 radical (unpaired) electrons. The molecule has 0 saturated heterocycles. The number of Topliss-reactive ketones (excluding diaryl/α,β-unsaturated/α-hetero) is 1. The quantitative estimate of drug-likeness (QED) is 0.449. The van der Waals surface area contributed by atoms with Crippen LogP contribution < -0.4 is 0 Å². The summed E-state index contributed by atoms with van der Waals surface area (Å²) in [6.07, 6.45) is 1.93. The maximum absolute atomic E-state index is 13.3. The summed E-state index contributed by atoms with van der Waals surface area (Å²) in [6.45, 7) is 29.3. The van der Waals surface area contributed by atoms with E-state index < -0.39 is 16.6 Å². The van der Waals surface area contributed by atoms with Crippen LogP contribution in [0.5, 0.6) is 0 Å². The Balaban J connectivity index is 2.92. The van der Waals surface area contributed by atoms with Gasteiger partial charge in [0.15, 0.2) is 22.4 Å². The van der Waals surface area contributed by atoms with Gasteiger partial charge in [-0.2, -0.15) is 0 Å². The minimum atomic E-state index is -1.92. The van der Waals surface area contributed by atoms with E-state index in [1.165, 1.54) is 0 Å². The summed E-state index contributed by atoms with van der Waals surface area (Å²) >= 11 is 0. The molecular weight excluding hydrogens is 368 g/mol. The van der Waals surface area contributed by atoms with E-state index in [2.05, 4.69) is 88.5 Å². The van der Waals surface area contributed by atoms with Crippen molar-refractivity contribution < 1.29 is 13.6 Å². The highest BCUT2D eigenvalue weighted by atomic mass is 28.4. The average molecular weight is 415 g/mol. The molecule has 0 aromatic rings. The summed E-state index contributed by atoms with van der Waals surface area (Å²) in [5, 5.41) is 0.305. The lowest BCUT2D eigenvalue weighted by atomic mass is 9.67. The zero-order valence-corrected chi connectivity index (χ0v) is 22.4. The van der Waals surface area contributed by atoms with Crippen molar-refractivity contribution in [2.45, 2.75) is 118 Å². The predicted molar refractivity (Wildman–Crippen MR) is 121 cm³/mol. The molecule has 1 aliphatic rings. The van der Waals surface area contributed by atoms with E-state index in [4.69, 9.17) is 8.85 Å². The topological polar surface area (TPSA) is 35.5 Å². The monoisotopic (exact) mass is 414 g/mol. The third-order valence-electron chi connectivity index (χ3n) is 8.12. The van der Waals surface area contributed by atoms with Gasteiger partial charge in [0.2, 0.25) is 0 Å². The molecule has 0 aromatic carbocycles. The molecule has 0 N–H and O–H groups in total. The Bertz CT molecular complexity index is 553. The molecule has 1 fully saturated rings. The lowest BCUT2D eigenvalue weighted by Gasteiger charge is -2.40. The highest BCUT2D eigenvalue weighted by molar-refractivity contribution is 6.74. The molecule has 3 nitrogen and oxygen atoms in total. The van der Waals surface area contributed by atoms with E-state index in [0.29, 0.717) is 0 Å². The van der Waals surface area contributed by atoms with Gasteiger partial charge in [0, 0.05) is 11.5 Å². The molecule has 0 amide bonds. The second-order valence-corrected chi connectivity index (χ2v) is 22.2. The van der Waals surface area contributed by atoms with Crippen LogP contribution in [0.4, 0.5) is 0 Å². The van der Waals surface area contributed by atoms with Gasteiger partial charge in [-0.05, 0) is 54.5 Å². The Morgan fingerprint density at radius 2 is 1.33 bits per heavy atom. The van der Waals surface area contributed by atoms with Crippen LogP contribution in [0.25, 0.3) is 0 Å². The summed E-state index contributed by atoms with van der Waals surface area (Å²) in [7, 11) is -3.76. The predicted octanol–water partition coefficient (Wildman–Crippen LogP) is 6.79. The molecular formula is C22H46O3Si2. The van der Waals surface area contributed by atoms with Crippen molar-refractivity contribution in [2.75, 3.05) is 6.61 Å². The first-order valence-electron chi connectivity index (χ1n) is 10.5. The molecule has 0 aliphatic heterocycles. The summed E-state index contributed by atoms with van der Waals surface area (Å²) in [5.74, 6) is 0.249. The second-order valence-electron chi connectivity index (χ2n) is 12.6. The molecule has 160 valence electrons. The molecule has 27 heavy (non-hydrogen) atoms. The highest BCUT2D eigenvalue weighted by Gasteiger charge is 2.56. The smallest absolute Gasteiger partial charge is 0.192 e. The zero-order valence-electron chi connectivity index (χ0n) is 20.4. The van der Waals surface area contributed by atoms with E-state index in [0.717, 1.165) is 12.8 Å². The Morgan fingerprint density at radius 3 is 1.74 bits per heavy atom. The van der Waals surface area contributed by atoms with Gasteiger partial charge in [-0.25, -0.2) is 0 Å². The molecule has 0 heterocycles. The van der Waals surface area contributed by atoms with E-state index >= 15 is 0 Å². The Morgan fingerprint density at radius 1 is 0.889 bits per heavy atom. The Kier molecular flexibility index (Phi) is 6.84. The molecule has 0 unspecified atom stereocenters. The summed E-state index contributed by atoms with van der Waals surface area (Å²) in [4.78, 5) is 13.3. The minimum Gasteiger partial charge on any atom is -0.414 e. The number of hydrogen-bond acceptors (Lipinski definition) is 3. The van der Waals surface area contributed by atoms with Gasteiger partial charge in [-0.15, -0.1) is 0 Å². The van der Waals surface area contributed by atoms with Gasteiger partial charge < -0.3 is 8.85 Å². The van der Waals surface area contributed by atoms with Crippen molar-refractivity contribution in [1.82, 2.24) is 0 Å². The first kappa shape index (κ1) is 25.1. The van der Waals surface area contributed by atoms with Crippen molar-refractivity contribution in [3.05, 3.63) is 0 Å². The summed E-state index contributed by atoms with van der Waals surface area (Å²) < 4.78 is 13.0. The molecule has 1 aliphatic carbocycles. The number of ketones is 1. The Hall–Kier alpha value is 0.0238. The van der Waals surface area contributed by atoms with Crippen molar-refractivity contribution in [2.24, 2.45) is 10.8 Å². The summed E-state index contributed by atoms with van der Waals surface area (Å²) in [5.41, 5.74) is -0.462. The number of hydrogen-bond donors (Lipinski definition) is 0. The van der Waals surface area contributed by atoms with Crippen LogP contribution in [0.3, 0.4) is 0 Å². The summed E-state index contributed by atoms with van der Waals surface area (Å²) in [6, 6.07) is 0. The van der Waals surface area contributed by atoms with Crippen LogP contribution in [0.15, 0.2) is 0 Å². The minimum absolute atomic E-state index is 0.0755. The lowest BCUT2D eigenvalue weighted by molar-refractivity contribution is -0.135.